The fourth-order valence-electron chi connectivity index (χ4n) is 1.21. The minimum Gasteiger partial charge on any atom is -0.396 e. The average Bonchev–Trinajstić information content (AvgIpc) is 2.68. The summed E-state index contributed by atoms with van der Waals surface area (Å²) in [6.07, 6.45) is 1.66. The lowest BCUT2D eigenvalue weighted by molar-refractivity contribution is 0.667. The topological polar surface area (TPSA) is 43.8 Å². The number of nitrogens with zero attached hydrogens (tertiary/aromatic N) is 2. The number of thiophene rings is 1. The van der Waals surface area contributed by atoms with Crippen molar-refractivity contribution < 1.29 is 0 Å². The highest BCUT2D eigenvalue weighted by molar-refractivity contribution is 7.14. The molecule has 0 unspecified atom stereocenters. The van der Waals surface area contributed by atoms with Crippen molar-refractivity contribution in [3.63, 3.8) is 0 Å². The van der Waals surface area contributed by atoms with Crippen LogP contribution in [0.4, 0.5) is 5.69 Å². The summed E-state index contributed by atoms with van der Waals surface area (Å²) in [5.74, 6) is 0. The Morgan fingerprint density at radius 2 is 2.43 bits per heavy atom. The Labute approximate surface area is 91.1 Å². The maximum atomic E-state index is 5.99. The third-order valence-electron chi connectivity index (χ3n) is 2.15. The Hall–Kier alpha value is -1.00. The molecule has 3 nitrogen and oxygen atoms in total. The Morgan fingerprint density at radius 1 is 1.64 bits per heavy atom. The zero-order chi connectivity index (χ0) is 10.1. The summed E-state index contributed by atoms with van der Waals surface area (Å²) in [6, 6.07) is 2.00. The monoisotopic (exact) mass is 227 g/mol. The molecule has 0 bridgehead atoms. The SMILES string of the molecule is Cc1c(N)cnn1Cc1ccsc1Cl. The average molecular weight is 228 g/mol. The molecule has 2 aromatic rings. The quantitative estimate of drug-likeness (QED) is 0.857. The summed E-state index contributed by atoms with van der Waals surface area (Å²) < 4.78 is 2.67. The van der Waals surface area contributed by atoms with Crippen LogP contribution in [0.2, 0.25) is 4.34 Å². The van der Waals surface area contributed by atoms with Crippen molar-refractivity contribution in [2.75, 3.05) is 5.73 Å². The summed E-state index contributed by atoms with van der Waals surface area (Å²) >= 11 is 7.52. The van der Waals surface area contributed by atoms with E-state index in [-0.39, 0.29) is 0 Å². The van der Waals surface area contributed by atoms with E-state index in [2.05, 4.69) is 5.10 Å². The first kappa shape index (κ1) is 9.55. The molecule has 2 heterocycles. The van der Waals surface area contributed by atoms with Crippen LogP contribution >= 0.6 is 22.9 Å². The van der Waals surface area contributed by atoms with E-state index in [1.165, 1.54) is 11.3 Å². The minimum atomic E-state index is 0.686. The molecule has 0 atom stereocenters. The molecule has 0 aliphatic carbocycles. The Bertz CT molecular complexity index is 447. The van der Waals surface area contributed by atoms with E-state index >= 15 is 0 Å². The van der Waals surface area contributed by atoms with Crippen LogP contribution in [0, 0.1) is 6.92 Å². The molecule has 5 heteroatoms. The molecule has 74 valence electrons. The molecule has 0 aromatic carbocycles. The number of rotatable bonds is 2. The first-order valence-corrected chi connectivity index (χ1v) is 5.44. The van der Waals surface area contributed by atoms with Crippen LogP contribution in [0.3, 0.4) is 0 Å². The van der Waals surface area contributed by atoms with Crippen LogP contribution in [-0.2, 0) is 6.54 Å². The molecule has 2 N–H and O–H groups in total. The predicted molar refractivity (Wildman–Crippen MR) is 59.8 cm³/mol. The van der Waals surface area contributed by atoms with Crippen LogP contribution < -0.4 is 5.73 Å². The van der Waals surface area contributed by atoms with Gasteiger partial charge in [0.2, 0.25) is 0 Å². The van der Waals surface area contributed by atoms with Crippen molar-refractivity contribution in [3.05, 3.63) is 33.2 Å². The number of hydrogen-bond acceptors (Lipinski definition) is 3. The van der Waals surface area contributed by atoms with Gasteiger partial charge in [0.25, 0.3) is 0 Å². The summed E-state index contributed by atoms with van der Waals surface area (Å²) in [6.45, 7) is 2.63. The summed E-state index contributed by atoms with van der Waals surface area (Å²) in [5.41, 5.74) is 8.48. The van der Waals surface area contributed by atoms with E-state index in [0.29, 0.717) is 6.54 Å². The smallest absolute Gasteiger partial charge is 0.0979 e. The van der Waals surface area contributed by atoms with Gasteiger partial charge in [-0.3, -0.25) is 4.68 Å². The highest BCUT2D eigenvalue weighted by atomic mass is 35.5. The van der Waals surface area contributed by atoms with Crippen molar-refractivity contribution >= 4 is 28.6 Å². The molecule has 0 spiro atoms. The number of aromatic nitrogens is 2. The second-order valence-corrected chi connectivity index (χ2v) is 4.58. The third-order valence-corrected chi connectivity index (χ3v) is 3.41. The van der Waals surface area contributed by atoms with E-state index in [0.717, 1.165) is 21.3 Å². The number of hydrogen-bond donors (Lipinski definition) is 1. The van der Waals surface area contributed by atoms with Gasteiger partial charge in [-0.05, 0) is 18.4 Å². The van der Waals surface area contributed by atoms with Gasteiger partial charge in [-0.1, -0.05) is 11.6 Å². The van der Waals surface area contributed by atoms with Gasteiger partial charge in [-0.15, -0.1) is 11.3 Å². The van der Waals surface area contributed by atoms with Crippen LogP contribution in [0.5, 0.6) is 0 Å². The number of nitrogen functional groups attached to an aromatic ring is 1. The minimum absolute atomic E-state index is 0.686. The first-order valence-electron chi connectivity index (χ1n) is 4.18. The lowest BCUT2D eigenvalue weighted by Crippen LogP contribution is -2.03. The van der Waals surface area contributed by atoms with Crippen LogP contribution in [0.15, 0.2) is 17.6 Å². The van der Waals surface area contributed by atoms with Crippen molar-refractivity contribution in [2.24, 2.45) is 0 Å². The van der Waals surface area contributed by atoms with Gasteiger partial charge < -0.3 is 5.73 Å². The van der Waals surface area contributed by atoms with Crippen molar-refractivity contribution in [2.45, 2.75) is 13.5 Å². The van der Waals surface area contributed by atoms with Gasteiger partial charge >= 0.3 is 0 Å². The van der Waals surface area contributed by atoms with E-state index in [9.17, 15) is 0 Å². The maximum Gasteiger partial charge on any atom is 0.0979 e. The fraction of sp³-hybridized carbons (Fsp3) is 0.222. The highest BCUT2D eigenvalue weighted by Gasteiger charge is 2.06. The fourth-order valence-corrected chi connectivity index (χ4v) is 2.13. The Kier molecular flexibility index (Phi) is 2.48. The van der Waals surface area contributed by atoms with Gasteiger partial charge in [-0.2, -0.15) is 5.10 Å². The molecule has 0 fully saturated rings. The highest BCUT2D eigenvalue weighted by Crippen LogP contribution is 2.24. The molecule has 2 aromatic heterocycles. The second kappa shape index (κ2) is 3.63. The van der Waals surface area contributed by atoms with Crippen molar-refractivity contribution in [3.8, 4) is 0 Å². The molecular weight excluding hydrogens is 218 g/mol. The van der Waals surface area contributed by atoms with Gasteiger partial charge in [0.1, 0.15) is 0 Å². The molecular formula is C9H10ClN3S. The van der Waals surface area contributed by atoms with Gasteiger partial charge in [0, 0.05) is 5.56 Å². The van der Waals surface area contributed by atoms with Crippen molar-refractivity contribution in [1.82, 2.24) is 9.78 Å². The molecule has 0 aliphatic rings. The van der Waals surface area contributed by atoms with Gasteiger partial charge in [0.15, 0.2) is 0 Å². The van der Waals surface area contributed by atoms with Gasteiger partial charge in [0.05, 0.1) is 28.5 Å². The van der Waals surface area contributed by atoms with Crippen LogP contribution in [0.25, 0.3) is 0 Å². The first-order chi connectivity index (χ1) is 6.68. The van der Waals surface area contributed by atoms with E-state index < -0.39 is 0 Å². The van der Waals surface area contributed by atoms with Crippen molar-refractivity contribution in [1.29, 1.82) is 0 Å². The molecule has 0 amide bonds. The summed E-state index contributed by atoms with van der Waals surface area (Å²) in [4.78, 5) is 0. The predicted octanol–water partition coefficient (Wildman–Crippen LogP) is 2.54. The molecule has 0 saturated heterocycles. The Morgan fingerprint density at radius 3 is 2.93 bits per heavy atom. The maximum absolute atomic E-state index is 5.99. The van der Waals surface area contributed by atoms with E-state index in [1.54, 1.807) is 6.20 Å². The summed E-state index contributed by atoms with van der Waals surface area (Å²) in [7, 11) is 0. The normalized spacial score (nSPS) is 10.7. The molecule has 14 heavy (non-hydrogen) atoms. The number of halogens is 1. The van der Waals surface area contributed by atoms with Gasteiger partial charge in [-0.25, -0.2) is 0 Å². The lowest BCUT2D eigenvalue weighted by Gasteiger charge is -2.02. The largest absolute Gasteiger partial charge is 0.396 e. The molecule has 2 rings (SSSR count). The second-order valence-electron chi connectivity index (χ2n) is 3.06. The van der Waals surface area contributed by atoms with Crippen LogP contribution in [-0.4, -0.2) is 9.78 Å². The zero-order valence-corrected chi connectivity index (χ0v) is 9.27. The number of nitrogens with two attached hydrogens (primary N) is 1. The zero-order valence-electron chi connectivity index (χ0n) is 7.70. The standard InChI is InChI=1S/C9H10ClN3S/c1-6-8(11)4-12-13(6)5-7-2-3-14-9(7)10/h2-4H,5,11H2,1H3. The third kappa shape index (κ3) is 1.63. The molecule has 0 aliphatic heterocycles. The van der Waals surface area contributed by atoms with E-state index in [4.69, 9.17) is 17.3 Å². The molecule has 0 saturated carbocycles. The molecule has 0 radical (unpaired) electrons. The number of anilines is 1. The lowest BCUT2D eigenvalue weighted by atomic mass is 10.3. The summed E-state index contributed by atoms with van der Waals surface area (Å²) in [5, 5.41) is 6.14. The van der Waals surface area contributed by atoms with Crippen LogP contribution in [0.1, 0.15) is 11.3 Å². The van der Waals surface area contributed by atoms with E-state index in [1.807, 2.05) is 23.1 Å². The Balaban J connectivity index is 2.27.